The van der Waals surface area contributed by atoms with Crippen LogP contribution in [0.1, 0.15) is 123 Å². The number of Topliss-reactive ketones (excluding diaryl/α,β-unsaturated/α-hetero) is 1. The van der Waals surface area contributed by atoms with Gasteiger partial charge in [0.2, 0.25) is 5.91 Å². The third kappa shape index (κ3) is 15.7. The number of carbonyl (C=O) groups is 7. The van der Waals surface area contributed by atoms with Crippen molar-refractivity contribution < 1.29 is 52.9 Å². The highest BCUT2D eigenvalue weighted by molar-refractivity contribution is 6.67. The van der Waals surface area contributed by atoms with Gasteiger partial charge in [-0.15, -0.1) is 0 Å². The van der Waals surface area contributed by atoms with Crippen LogP contribution >= 0.6 is 0 Å². The summed E-state index contributed by atoms with van der Waals surface area (Å²) in [5.41, 5.74) is 1.88. The zero-order valence-corrected chi connectivity index (χ0v) is 36.0. The number of carboxylic acids is 1. The first-order valence-electron chi connectivity index (χ1n) is 20.7. The third-order valence-electron chi connectivity index (χ3n) is 10.6. The van der Waals surface area contributed by atoms with Gasteiger partial charge in [0.25, 0.3) is 5.91 Å². The molecule has 0 heterocycles. The van der Waals surface area contributed by atoms with Gasteiger partial charge < -0.3 is 30.0 Å². The maximum Gasteiger partial charge on any atom is 0.338 e. The van der Waals surface area contributed by atoms with Crippen LogP contribution in [0.2, 0.25) is 0 Å². The van der Waals surface area contributed by atoms with Crippen molar-refractivity contribution in [2.45, 2.75) is 97.9 Å². The van der Waals surface area contributed by atoms with E-state index >= 15 is 0 Å². The van der Waals surface area contributed by atoms with Gasteiger partial charge in [-0.2, -0.15) is 0 Å². The number of nitrogens with zero attached hydrogens (tertiary/aromatic N) is 1. The normalized spacial score (nSPS) is 13.2. The number of unbranched alkanes of at least 4 members (excludes halogenated alkanes) is 1. The number of amides is 2. The first-order chi connectivity index (χ1) is 29.2. The molecule has 3 aromatic rings. The van der Waals surface area contributed by atoms with Crippen molar-refractivity contribution in [1.29, 1.82) is 0 Å². The average molecular weight is 842 g/mol. The van der Waals surface area contributed by atoms with Crippen LogP contribution in [0, 0.1) is 17.8 Å². The molecule has 4 atom stereocenters. The van der Waals surface area contributed by atoms with Crippen molar-refractivity contribution in [3.63, 3.8) is 0 Å². The van der Waals surface area contributed by atoms with Crippen molar-refractivity contribution >= 4 is 58.6 Å². The van der Waals surface area contributed by atoms with Crippen molar-refractivity contribution in [2.75, 3.05) is 31.5 Å². The number of nitrogens with one attached hydrogen (secondary N) is 2. The Kier molecular flexibility index (Phi) is 20.5. The Morgan fingerprint density at radius 2 is 1.34 bits per heavy atom. The molecule has 0 fully saturated rings. The van der Waals surface area contributed by atoms with Crippen LogP contribution < -0.4 is 10.6 Å². The smallest absolute Gasteiger partial charge is 0.338 e. The molecule has 3 rings (SSSR count). The SMILES string of the molecule is CCCCOC(=O)C(C)CCC(CCC(CCC(CC)C(=O)O)C(=O)Nc1ccc(NC(=O)C(=NCc2cc(C(=O)OC)ccc2C(=O)OC)C(C)=O)cc1)c1ccccc1. The predicted octanol–water partition coefficient (Wildman–Crippen LogP) is 8.20. The number of ketones is 1. The molecule has 0 aliphatic rings. The van der Waals surface area contributed by atoms with Crippen LogP contribution in [0.4, 0.5) is 11.4 Å². The van der Waals surface area contributed by atoms with E-state index in [0.717, 1.165) is 18.4 Å². The van der Waals surface area contributed by atoms with Gasteiger partial charge >= 0.3 is 23.9 Å². The summed E-state index contributed by atoms with van der Waals surface area (Å²) in [7, 11) is 2.40. The van der Waals surface area contributed by atoms with E-state index in [4.69, 9.17) is 14.2 Å². The standard InChI is InChI=1S/C47H59N3O11/c1-7-9-27-61-45(56)30(3)15-16-34(33-13-11-10-12-14-33)18-20-35(19-17-32(8-2)44(54)55)42(52)49-38-22-24-39(25-23-38)50-43(53)41(31(4)51)48-29-37-28-36(46(57)59-5)21-26-40(37)47(58)60-6/h10-14,21-26,28,30,32,34-35H,7-9,15-20,27,29H2,1-6H3,(H,49,52)(H,50,53)(H,54,55). The Bertz CT molecular complexity index is 2000. The summed E-state index contributed by atoms with van der Waals surface area (Å²) in [6.07, 6.45) is 5.29. The highest BCUT2D eigenvalue weighted by Gasteiger charge is 2.26. The minimum absolute atomic E-state index is 0.0510. The highest BCUT2D eigenvalue weighted by Crippen LogP contribution is 2.32. The first kappa shape index (κ1) is 49.2. The molecule has 2 amide bonds. The van der Waals surface area contributed by atoms with Crippen LogP contribution in [0.25, 0.3) is 0 Å². The van der Waals surface area contributed by atoms with E-state index in [1.54, 1.807) is 24.3 Å². The van der Waals surface area contributed by atoms with Gasteiger partial charge in [-0.1, -0.05) is 57.5 Å². The molecule has 3 N–H and O–H groups in total. The number of hydrogen-bond donors (Lipinski definition) is 3. The van der Waals surface area contributed by atoms with Gasteiger partial charge in [0.05, 0.1) is 50.3 Å². The van der Waals surface area contributed by atoms with Crippen molar-refractivity contribution in [1.82, 2.24) is 0 Å². The maximum atomic E-state index is 13.9. The molecule has 0 aliphatic carbocycles. The lowest BCUT2D eigenvalue weighted by Gasteiger charge is -2.23. The molecule has 0 bridgehead atoms. The number of aliphatic carboxylic acids is 1. The number of esters is 3. The first-order valence-corrected chi connectivity index (χ1v) is 20.7. The number of hydrogen-bond acceptors (Lipinski definition) is 11. The molecule has 0 spiro atoms. The van der Waals surface area contributed by atoms with Crippen molar-refractivity contribution in [2.24, 2.45) is 22.7 Å². The van der Waals surface area contributed by atoms with Gasteiger partial charge in [-0.05, 0) is 111 Å². The van der Waals surface area contributed by atoms with Gasteiger partial charge in [-0.25, -0.2) is 9.59 Å². The van der Waals surface area contributed by atoms with Gasteiger partial charge in [0.1, 0.15) is 0 Å². The maximum absolute atomic E-state index is 13.9. The fourth-order valence-electron chi connectivity index (χ4n) is 6.80. The van der Waals surface area contributed by atoms with Crippen molar-refractivity contribution in [3.05, 3.63) is 95.1 Å². The quantitative estimate of drug-likeness (QED) is 0.0244. The Hall–Kier alpha value is -6.18. The minimum atomic E-state index is -0.905. The number of anilines is 2. The number of rotatable bonds is 25. The van der Waals surface area contributed by atoms with E-state index in [2.05, 4.69) is 15.6 Å². The molecule has 328 valence electrons. The third-order valence-corrected chi connectivity index (χ3v) is 10.6. The number of aliphatic imine (C=N–C) groups is 1. The summed E-state index contributed by atoms with van der Waals surface area (Å²) in [4.78, 5) is 92.9. The molecule has 0 aliphatic heterocycles. The fraction of sp³-hybridized carbons (Fsp3) is 0.447. The van der Waals surface area contributed by atoms with Crippen LogP contribution in [-0.4, -0.2) is 73.1 Å². The molecule has 0 saturated carbocycles. The molecule has 61 heavy (non-hydrogen) atoms. The van der Waals surface area contributed by atoms with Crippen LogP contribution in [-0.2, 0) is 44.7 Å². The zero-order valence-electron chi connectivity index (χ0n) is 36.0. The molecule has 4 unspecified atom stereocenters. The molecule has 0 saturated heterocycles. The molecule has 3 aromatic carbocycles. The second-order valence-electron chi connectivity index (χ2n) is 15.0. The lowest BCUT2D eigenvalue weighted by Crippen LogP contribution is -2.29. The summed E-state index contributed by atoms with van der Waals surface area (Å²) in [5, 5.41) is 15.3. The van der Waals surface area contributed by atoms with Crippen LogP contribution in [0.15, 0.2) is 77.8 Å². The molecule has 0 radical (unpaired) electrons. The molecule has 0 aromatic heterocycles. The molecule has 14 heteroatoms. The van der Waals surface area contributed by atoms with Gasteiger partial charge in [0, 0.05) is 24.2 Å². The van der Waals surface area contributed by atoms with E-state index in [9.17, 15) is 38.7 Å². The van der Waals surface area contributed by atoms with Gasteiger partial charge in [-0.3, -0.25) is 29.0 Å². The summed E-state index contributed by atoms with van der Waals surface area (Å²) in [6, 6.07) is 20.4. The predicted molar refractivity (Wildman–Crippen MR) is 231 cm³/mol. The summed E-state index contributed by atoms with van der Waals surface area (Å²) >= 11 is 0. The molecular formula is C47H59N3O11. The average Bonchev–Trinajstić information content (AvgIpc) is 3.25. The second-order valence-corrected chi connectivity index (χ2v) is 15.0. The number of ether oxygens (including phenoxy) is 3. The number of benzene rings is 3. The van der Waals surface area contributed by atoms with E-state index in [-0.39, 0.29) is 46.9 Å². The molecule has 14 nitrogen and oxygen atoms in total. The van der Waals surface area contributed by atoms with E-state index < -0.39 is 47.1 Å². The van der Waals surface area contributed by atoms with E-state index in [0.29, 0.717) is 62.9 Å². The van der Waals surface area contributed by atoms with Crippen molar-refractivity contribution in [3.8, 4) is 0 Å². The highest BCUT2D eigenvalue weighted by atomic mass is 16.5. The number of carboxylic acid groups (broad SMARTS) is 1. The lowest BCUT2D eigenvalue weighted by molar-refractivity contribution is -0.148. The van der Waals surface area contributed by atoms with Crippen LogP contribution in [0.5, 0.6) is 0 Å². The topological polar surface area (TPSA) is 204 Å². The Morgan fingerprint density at radius 1 is 0.738 bits per heavy atom. The summed E-state index contributed by atoms with van der Waals surface area (Å²) in [6.45, 7) is 7.00. The Morgan fingerprint density at radius 3 is 1.93 bits per heavy atom. The van der Waals surface area contributed by atoms with E-state index in [1.807, 2.05) is 51.1 Å². The summed E-state index contributed by atoms with van der Waals surface area (Å²) < 4.78 is 15.0. The number of methoxy groups -OCH3 is 2. The largest absolute Gasteiger partial charge is 0.481 e. The number of carbonyl (C=O) groups excluding carboxylic acids is 6. The van der Waals surface area contributed by atoms with Gasteiger partial charge in [0.15, 0.2) is 11.5 Å². The Labute approximate surface area is 357 Å². The van der Waals surface area contributed by atoms with Crippen LogP contribution in [0.3, 0.4) is 0 Å². The molecular weight excluding hydrogens is 783 g/mol. The zero-order chi connectivity index (χ0) is 44.9. The second kappa shape index (κ2) is 25.4. The Balaban J connectivity index is 1.76. The fourth-order valence-corrected chi connectivity index (χ4v) is 6.80. The van der Waals surface area contributed by atoms with E-state index in [1.165, 1.54) is 39.3 Å². The lowest BCUT2D eigenvalue weighted by atomic mass is 9.83. The monoisotopic (exact) mass is 841 g/mol. The minimum Gasteiger partial charge on any atom is -0.481 e. The summed E-state index contributed by atoms with van der Waals surface area (Å²) in [5.74, 6) is -5.53.